The Bertz CT molecular complexity index is 1940. The number of piperidine rings is 1. The number of hydrogen-bond donors (Lipinski definition) is 1. The molecule has 0 bridgehead atoms. The molecule has 10 nitrogen and oxygen atoms in total. The maximum atomic E-state index is 14.0. The summed E-state index contributed by atoms with van der Waals surface area (Å²) >= 11 is 0. The number of H-pyrrole nitrogens is 1. The summed E-state index contributed by atoms with van der Waals surface area (Å²) in [6.07, 6.45) is 1.88. The van der Waals surface area contributed by atoms with E-state index >= 15 is 0 Å². The van der Waals surface area contributed by atoms with Gasteiger partial charge in [-0.05, 0) is 87.4 Å². The molecular weight excluding hydrogens is 645 g/mol. The van der Waals surface area contributed by atoms with Crippen molar-refractivity contribution in [1.29, 1.82) is 0 Å². The fourth-order valence-electron chi connectivity index (χ4n) is 8.38. The minimum atomic E-state index is -4.54. The van der Waals surface area contributed by atoms with Gasteiger partial charge in [0.2, 0.25) is 11.9 Å². The number of ether oxygens (including phenoxy) is 1. The molecule has 4 aromatic rings. The minimum absolute atomic E-state index is 0.106. The fourth-order valence-corrected chi connectivity index (χ4v) is 8.38. The summed E-state index contributed by atoms with van der Waals surface area (Å²) in [4.78, 5) is 31.1. The van der Waals surface area contributed by atoms with E-state index in [1.807, 2.05) is 24.0 Å². The highest BCUT2D eigenvalue weighted by Crippen LogP contribution is 2.53. The normalized spacial score (nSPS) is 20.8. The summed E-state index contributed by atoms with van der Waals surface area (Å²) < 4.78 is 48.1. The SMILES string of the molecule is CCN(C)[C@@H]1CCN(c2nc(N3CCC4(CC3)CN(C(C)=O)C4)c3cc(C4CC4)c(-c4c(C)ccc5[nH]ncc45)c(OCC(F)(F)F)c3n2)C1. The number of fused-ring (bicyclic) bond motifs is 2. The number of likely N-dealkylation sites (N-methyl/N-ethyl adjacent to an activating group) is 1. The number of aromatic nitrogens is 4. The van der Waals surface area contributed by atoms with Crippen LogP contribution in [0.25, 0.3) is 32.9 Å². The van der Waals surface area contributed by atoms with E-state index in [2.05, 4.69) is 44.9 Å². The van der Waals surface area contributed by atoms with E-state index in [1.54, 1.807) is 13.1 Å². The molecule has 1 saturated carbocycles. The maximum Gasteiger partial charge on any atom is 0.422 e. The second-order valence-corrected chi connectivity index (χ2v) is 15.0. The van der Waals surface area contributed by atoms with Crippen LogP contribution in [0.1, 0.15) is 63.0 Å². The highest BCUT2D eigenvalue weighted by Gasteiger charge is 2.46. The summed E-state index contributed by atoms with van der Waals surface area (Å²) in [5, 5.41) is 8.90. The molecule has 1 atom stereocenters. The lowest BCUT2D eigenvalue weighted by atomic mass is 9.72. The van der Waals surface area contributed by atoms with Gasteiger partial charge >= 0.3 is 6.18 Å². The summed E-state index contributed by atoms with van der Waals surface area (Å²) in [5.74, 6) is 1.73. The standard InChI is InChI=1S/C37H45F3N8O2/c1-5-45(4)25-10-13-47(18-25)35-42-32-27(34(43-35)46-14-11-36(12-15-46)19-48(20-36)23(3)49)16-26(24-7-8-24)31(33(32)50-21-37(38,39)40)30-22(2)6-9-29-28(30)17-41-44-29/h6,9,16-17,24-25H,5,7-8,10-15,18-21H2,1-4H3,(H,41,44)/t25-/m1/s1. The van der Waals surface area contributed by atoms with Crippen molar-refractivity contribution in [3.05, 3.63) is 35.5 Å². The molecular formula is C37H45F3N8O2. The third-order valence-corrected chi connectivity index (χ3v) is 11.6. The van der Waals surface area contributed by atoms with Crippen molar-refractivity contribution >= 4 is 39.5 Å². The molecule has 0 radical (unpaired) electrons. The quantitative estimate of drug-likeness (QED) is 0.231. The van der Waals surface area contributed by atoms with E-state index < -0.39 is 12.8 Å². The van der Waals surface area contributed by atoms with E-state index in [4.69, 9.17) is 14.7 Å². The van der Waals surface area contributed by atoms with Gasteiger partial charge in [-0.1, -0.05) is 13.0 Å². The molecule has 50 heavy (non-hydrogen) atoms. The third kappa shape index (κ3) is 5.90. The van der Waals surface area contributed by atoms with Crippen LogP contribution in [0, 0.1) is 12.3 Å². The van der Waals surface area contributed by atoms with Crippen molar-refractivity contribution in [1.82, 2.24) is 30.0 Å². The van der Waals surface area contributed by atoms with Crippen LogP contribution < -0.4 is 14.5 Å². The number of nitrogens with zero attached hydrogens (tertiary/aromatic N) is 7. The molecule has 0 unspecified atom stereocenters. The lowest BCUT2D eigenvalue weighted by Gasteiger charge is -2.54. The summed E-state index contributed by atoms with van der Waals surface area (Å²) in [5.41, 5.74) is 4.72. The maximum absolute atomic E-state index is 14.0. The Morgan fingerprint density at radius 2 is 1.82 bits per heavy atom. The van der Waals surface area contributed by atoms with E-state index in [9.17, 15) is 18.0 Å². The van der Waals surface area contributed by atoms with Crippen molar-refractivity contribution in [2.75, 3.05) is 69.3 Å². The molecule has 1 spiro atoms. The Hall–Kier alpha value is -4.13. The van der Waals surface area contributed by atoms with Crippen LogP contribution in [-0.2, 0) is 4.79 Å². The van der Waals surface area contributed by atoms with Gasteiger partial charge in [0.25, 0.3) is 0 Å². The van der Waals surface area contributed by atoms with Gasteiger partial charge in [-0.15, -0.1) is 0 Å². The number of nitrogens with one attached hydrogen (secondary N) is 1. The number of benzene rings is 2. The zero-order valence-electron chi connectivity index (χ0n) is 29.2. The average Bonchev–Trinajstić information content (AvgIpc) is 3.59. The predicted molar refractivity (Wildman–Crippen MR) is 188 cm³/mol. The number of alkyl halides is 3. The van der Waals surface area contributed by atoms with Gasteiger partial charge in [-0.3, -0.25) is 9.89 Å². The number of likely N-dealkylation sites (tertiary alicyclic amines) is 1. The van der Waals surface area contributed by atoms with Crippen molar-refractivity contribution in [2.45, 2.75) is 71.0 Å². The Morgan fingerprint density at radius 1 is 1.06 bits per heavy atom. The summed E-state index contributed by atoms with van der Waals surface area (Å²) in [6, 6.07) is 6.40. The Morgan fingerprint density at radius 3 is 2.50 bits per heavy atom. The van der Waals surface area contributed by atoms with Gasteiger partial charge in [0.05, 0.1) is 11.7 Å². The monoisotopic (exact) mass is 690 g/mol. The number of carbonyl (C=O) groups is 1. The van der Waals surface area contributed by atoms with Crippen LogP contribution in [0.4, 0.5) is 24.9 Å². The summed E-state index contributed by atoms with van der Waals surface area (Å²) in [6.45, 7) is 9.75. The summed E-state index contributed by atoms with van der Waals surface area (Å²) in [7, 11) is 2.12. The number of aryl methyl sites for hydroxylation is 1. The van der Waals surface area contributed by atoms with Gasteiger partial charge in [-0.25, -0.2) is 4.98 Å². The highest BCUT2D eigenvalue weighted by atomic mass is 19.4. The Balaban J connectivity index is 1.32. The molecule has 3 saturated heterocycles. The molecule has 2 aromatic carbocycles. The molecule has 1 aliphatic carbocycles. The van der Waals surface area contributed by atoms with Gasteiger partial charge < -0.3 is 24.3 Å². The molecule has 3 aliphatic heterocycles. The number of hydrogen-bond acceptors (Lipinski definition) is 8. The smallest absolute Gasteiger partial charge is 0.422 e. The van der Waals surface area contributed by atoms with Gasteiger partial charge in [0, 0.05) is 74.0 Å². The second kappa shape index (κ2) is 12.3. The Labute approximate surface area is 290 Å². The van der Waals surface area contributed by atoms with Crippen LogP contribution in [0.3, 0.4) is 0 Å². The lowest BCUT2D eigenvalue weighted by molar-refractivity contribution is -0.153. The first kappa shape index (κ1) is 33.0. The van der Waals surface area contributed by atoms with E-state index in [0.29, 0.717) is 23.1 Å². The van der Waals surface area contributed by atoms with Gasteiger partial charge in [0.1, 0.15) is 11.3 Å². The number of halogens is 3. The average molecular weight is 691 g/mol. The van der Waals surface area contributed by atoms with Crippen molar-refractivity contribution < 1.29 is 22.7 Å². The van der Waals surface area contributed by atoms with E-state index in [1.165, 1.54) is 0 Å². The minimum Gasteiger partial charge on any atom is -0.481 e. The van der Waals surface area contributed by atoms with Crippen LogP contribution in [-0.4, -0.2) is 108 Å². The largest absolute Gasteiger partial charge is 0.481 e. The topological polar surface area (TPSA) is 93.7 Å². The molecule has 4 aliphatic rings. The van der Waals surface area contributed by atoms with E-state index in [0.717, 1.165) is 117 Å². The van der Waals surface area contributed by atoms with Crippen LogP contribution in [0.2, 0.25) is 0 Å². The molecule has 266 valence electrons. The molecule has 13 heteroatoms. The number of carbonyl (C=O) groups excluding carboxylic acids is 1. The van der Waals surface area contributed by atoms with Gasteiger partial charge in [0.15, 0.2) is 12.4 Å². The lowest BCUT2D eigenvalue weighted by Crippen LogP contribution is -2.61. The van der Waals surface area contributed by atoms with Crippen molar-refractivity contribution in [3.63, 3.8) is 0 Å². The number of aromatic amines is 1. The third-order valence-electron chi connectivity index (χ3n) is 11.6. The molecule has 1 N–H and O–H groups in total. The molecule has 4 fully saturated rings. The fraction of sp³-hybridized carbons (Fsp3) is 0.568. The first-order valence-electron chi connectivity index (χ1n) is 17.9. The number of amides is 1. The number of rotatable bonds is 8. The van der Waals surface area contributed by atoms with E-state index in [-0.39, 0.29) is 23.0 Å². The zero-order chi connectivity index (χ0) is 34.9. The van der Waals surface area contributed by atoms with Crippen LogP contribution in [0.15, 0.2) is 24.4 Å². The highest BCUT2D eigenvalue weighted by molar-refractivity contribution is 6.06. The van der Waals surface area contributed by atoms with Crippen molar-refractivity contribution in [3.8, 4) is 16.9 Å². The van der Waals surface area contributed by atoms with Crippen molar-refractivity contribution in [2.24, 2.45) is 5.41 Å². The zero-order valence-corrected chi connectivity index (χ0v) is 29.2. The predicted octanol–water partition coefficient (Wildman–Crippen LogP) is 6.28. The van der Waals surface area contributed by atoms with Gasteiger partial charge in [-0.2, -0.15) is 23.3 Å². The second-order valence-electron chi connectivity index (χ2n) is 15.0. The molecule has 5 heterocycles. The first-order chi connectivity index (χ1) is 23.9. The number of anilines is 2. The molecule has 8 rings (SSSR count). The molecule has 1 amide bonds. The first-order valence-corrected chi connectivity index (χ1v) is 17.9. The Kier molecular flexibility index (Phi) is 8.11. The van der Waals surface area contributed by atoms with Crippen LogP contribution >= 0.6 is 0 Å². The van der Waals surface area contributed by atoms with Crippen LogP contribution in [0.5, 0.6) is 5.75 Å². The molecule has 2 aromatic heterocycles.